The number of rotatable bonds is 9. The molecule has 0 aliphatic carbocycles. The highest BCUT2D eigenvalue weighted by Gasteiger charge is 2.26. The van der Waals surface area contributed by atoms with Gasteiger partial charge in [0.1, 0.15) is 0 Å². The first-order valence-corrected chi connectivity index (χ1v) is 5.75. The molecule has 0 aromatic rings. The van der Waals surface area contributed by atoms with E-state index in [4.69, 9.17) is 14.9 Å². The molecule has 0 saturated carbocycles. The molecule has 6 heteroatoms. The molecule has 1 unspecified atom stereocenters. The number of carbonyl (C=O) groups is 1. The van der Waals surface area contributed by atoms with Gasteiger partial charge in [-0.3, -0.25) is 10.1 Å². The predicted octanol–water partition coefficient (Wildman–Crippen LogP) is -1.14. The van der Waals surface area contributed by atoms with E-state index < -0.39 is 11.6 Å². The summed E-state index contributed by atoms with van der Waals surface area (Å²) in [6.07, 6.45) is 0.756. The maximum absolute atomic E-state index is 11.6. The third kappa shape index (κ3) is 6.58. The highest BCUT2D eigenvalue weighted by molar-refractivity contribution is 5.81. The topological polar surface area (TPSA) is 90.8 Å². The Morgan fingerprint density at radius 3 is 2.47 bits per heavy atom. The lowest BCUT2D eigenvalue weighted by atomic mass is 10.0. The summed E-state index contributed by atoms with van der Waals surface area (Å²) in [5, 5.41) is 23.8. The Morgan fingerprint density at radius 1 is 1.41 bits per heavy atom. The fourth-order valence-corrected chi connectivity index (χ4v) is 1.31. The van der Waals surface area contributed by atoms with E-state index in [2.05, 4.69) is 10.6 Å². The largest absolute Gasteiger partial charge is 0.394 e. The minimum Gasteiger partial charge on any atom is -0.394 e. The number of methoxy groups -OCH3 is 1. The lowest BCUT2D eigenvalue weighted by molar-refractivity contribution is -0.123. The molecule has 1 atom stereocenters. The van der Waals surface area contributed by atoms with Crippen molar-refractivity contribution in [2.75, 3.05) is 33.5 Å². The molecule has 0 heterocycles. The zero-order chi connectivity index (χ0) is 13.3. The van der Waals surface area contributed by atoms with Crippen LogP contribution in [0.1, 0.15) is 20.3 Å². The Kier molecular flexibility index (Phi) is 8.07. The highest BCUT2D eigenvalue weighted by Crippen LogP contribution is 2.02. The molecule has 4 N–H and O–H groups in total. The van der Waals surface area contributed by atoms with Crippen LogP contribution in [0.2, 0.25) is 0 Å². The van der Waals surface area contributed by atoms with Gasteiger partial charge in [-0.25, -0.2) is 0 Å². The number of aliphatic hydroxyl groups excluding tert-OH is 2. The van der Waals surface area contributed by atoms with Gasteiger partial charge in [0.15, 0.2) is 0 Å². The van der Waals surface area contributed by atoms with Crippen LogP contribution in [0.5, 0.6) is 0 Å². The molecule has 0 bridgehead atoms. The second kappa shape index (κ2) is 8.41. The summed E-state index contributed by atoms with van der Waals surface area (Å²) < 4.78 is 4.87. The number of hydrogen-bond donors (Lipinski definition) is 4. The maximum Gasteiger partial charge on any atom is 0.236 e. The molecule has 0 fully saturated rings. The Hall–Kier alpha value is -0.690. The first kappa shape index (κ1) is 16.3. The van der Waals surface area contributed by atoms with E-state index in [9.17, 15) is 4.79 Å². The first-order chi connectivity index (χ1) is 7.99. The molecule has 0 aliphatic heterocycles. The van der Waals surface area contributed by atoms with Gasteiger partial charge in [0.25, 0.3) is 0 Å². The Bertz CT molecular complexity index is 220. The first-order valence-electron chi connectivity index (χ1n) is 5.75. The third-order valence-corrected chi connectivity index (χ3v) is 2.48. The lowest BCUT2D eigenvalue weighted by Gasteiger charge is -2.29. The molecule has 1 amide bonds. The molecule has 0 aromatic carbocycles. The van der Waals surface area contributed by atoms with Crippen molar-refractivity contribution in [3.63, 3.8) is 0 Å². The van der Waals surface area contributed by atoms with Crippen molar-refractivity contribution >= 4 is 5.91 Å². The standard InChI is InChI=1S/C11H24N2O4/c1-9(13-11(2,7-14)8-15)10(16)12-5-4-6-17-3/h9,13-15H,4-8H2,1-3H3,(H,12,16). The normalized spacial score (nSPS) is 13.5. The minimum atomic E-state index is -0.844. The fraction of sp³-hybridized carbons (Fsp3) is 0.909. The lowest BCUT2D eigenvalue weighted by Crippen LogP contribution is -2.56. The van der Waals surface area contributed by atoms with Gasteiger partial charge in [0, 0.05) is 20.3 Å². The van der Waals surface area contributed by atoms with E-state index in [0.717, 1.165) is 6.42 Å². The summed E-state index contributed by atoms with van der Waals surface area (Å²) in [5.41, 5.74) is -0.844. The van der Waals surface area contributed by atoms with E-state index in [1.54, 1.807) is 21.0 Å². The zero-order valence-corrected chi connectivity index (χ0v) is 10.8. The van der Waals surface area contributed by atoms with Gasteiger partial charge in [0.2, 0.25) is 5.91 Å². The molecule has 0 spiro atoms. The van der Waals surface area contributed by atoms with Crippen LogP contribution in [0.4, 0.5) is 0 Å². The number of amides is 1. The minimum absolute atomic E-state index is 0.158. The smallest absolute Gasteiger partial charge is 0.236 e. The molecule has 0 radical (unpaired) electrons. The van der Waals surface area contributed by atoms with Crippen LogP contribution >= 0.6 is 0 Å². The molecule has 6 nitrogen and oxygen atoms in total. The van der Waals surface area contributed by atoms with Gasteiger partial charge in [-0.15, -0.1) is 0 Å². The summed E-state index contributed by atoms with van der Waals surface area (Å²) in [4.78, 5) is 11.6. The number of hydrogen-bond acceptors (Lipinski definition) is 5. The number of nitrogens with one attached hydrogen (secondary N) is 2. The van der Waals surface area contributed by atoms with Gasteiger partial charge < -0.3 is 20.3 Å². The van der Waals surface area contributed by atoms with Crippen LogP contribution in [-0.4, -0.2) is 61.2 Å². The monoisotopic (exact) mass is 248 g/mol. The summed E-state index contributed by atoms with van der Waals surface area (Å²) in [5.74, 6) is -0.158. The van der Waals surface area contributed by atoms with Gasteiger partial charge in [-0.1, -0.05) is 0 Å². The van der Waals surface area contributed by atoms with E-state index >= 15 is 0 Å². The van der Waals surface area contributed by atoms with Crippen LogP contribution in [0.3, 0.4) is 0 Å². The molecule has 0 rings (SSSR count). The highest BCUT2D eigenvalue weighted by atomic mass is 16.5. The average Bonchev–Trinajstić information content (AvgIpc) is 2.34. The van der Waals surface area contributed by atoms with Crippen LogP contribution in [0, 0.1) is 0 Å². The van der Waals surface area contributed by atoms with Crippen molar-refractivity contribution in [3.05, 3.63) is 0 Å². The van der Waals surface area contributed by atoms with E-state index in [1.807, 2.05) is 0 Å². The van der Waals surface area contributed by atoms with Crippen molar-refractivity contribution in [2.45, 2.75) is 31.8 Å². The number of aliphatic hydroxyl groups is 2. The summed E-state index contributed by atoms with van der Waals surface area (Å²) in [6, 6.07) is -0.471. The second-order valence-electron chi connectivity index (χ2n) is 4.38. The van der Waals surface area contributed by atoms with Crippen molar-refractivity contribution in [1.82, 2.24) is 10.6 Å². The van der Waals surface area contributed by atoms with Crippen molar-refractivity contribution in [3.8, 4) is 0 Å². The second-order valence-corrected chi connectivity index (χ2v) is 4.38. The quantitative estimate of drug-likeness (QED) is 0.387. The SMILES string of the molecule is COCCCNC(=O)C(C)NC(C)(CO)CO. The molecule has 17 heavy (non-hydrogen) atoms. The van der Waals surface area contributed by atoms with Crippen LogP contribution in [-0.2, 0) is 9.53 Å². The number of ether oxygens (including phenoxy) is 1. The molecule has 102 valence electrons. The maximum atomic E-state index is 11.6. The van der Waals surface area contributed by atoms with Gasteiger partial charge in [-0.2, -0.15) is 0 Å². The van der Waals surface area contributed by atoms with E-state index in [1.165, 1.54) is 0 Å². The summed E-state index contributed by atoms with van der Waals surface area (Å²) >= 11 is 0. The summed E-state index contributed by atoms with van der Waals surface area (Å²) in [7, 11) is 1.61. The van der Waals surface area contributed by atoms with Crippen molar-refractivity contribution < 1.29 is 19.7 Å². The van der Waals surface area contributed by atoms with E-state index in [-0.39, 0.29) is 19.1 Å². The van der Waals surface area contributed by atoms with Gasteiger partial charge >= 0.3 is 0 Å². The molecular weight excluding hydrogens is 224 g/mol. The Morgan fingerprint density at radius 2 is 2.00 bits per heavy atom. The Labute approximate surface area is 102 Å². The predicted molar refractivity (Wildman–Crippen MR) is 64.7 cm³/mol. The molecule has 0 saturated heterocycles. The van der Waals surface area contributed by atoms with Crippen molar-refractivity contribution in [2.24, 2.45) is 0 Å². The van der Waals surface area contributed by atoms with Gasteiger partial charge in [-0.05, 0) is 20.3 Å². The van der Waals surface area contributed by atoms with Crippen molar-refractivity contribution in [1.29, 1.82) is 0 Å². The molecule has 0 aromatic heterocycles. The van der Waals surface area contributed by atoms with Crippen LogP contribution in [0.15, 0.2) is 0 Å². The third-order valence-electron chi connectivity index (χ3n) is 2.48. The van der Waals surface area contributed by atoms with Crippen LogP contribution in [0.25, 0.3) is 0 Å². The Balaban J connectivity index is 3.96. The zero-order valence-electron chi connectivity index (χ0n) is 10.8. The van der Waals surface area contributed by atoms with Gasteiger partial charge in [0.05, 0.1) is 24.8 Å². The molecule has 0 aliphatic rings. The molecular formula is C11H24N2O4. The number of carbonyl (C=O) groups excluding carboxylic acids is 1. The average molecular weight is 248 g/mol. The van der Waals surface area contributed by atoms with Crippen LogP contribution < -0.4 is 10.6 Å². The fourth-order valence-electron chi connectivity index (χ4n) is 1.31. The van der Waals surface area contributed by atoms with E-state index in [0.29, 0.717) is 13.2 Å². The summed E-state index contributed by atoms with van der Waals surface area (Å²) in [6.45, 7) is 4.03.